The van der Waals surface area contributed by atoms with Crippen LogP contribution in [0.2, 0.25) is 0 Å². The largest absolute Gasteiger partial charge is 0.465 e. The lowest BCUT2D eigenvalue weighted by Crippen LogP contribution is -2.50. The first-order valence-electron chi connectivity index (χ1n) is 7.56. The molecule has 0 aromatic carbocycles. The van der Waals surface area contributed by atoms with Crippen molar-refractivity contribution in [3.63, 3.8) is 0 Å². The highest BCUT2D eigenvalue weighted by Crippen LogP contribution is 2.18. The SMILES string of the molecule is CCOC(=O)CN(C)C1CCCN(C(=O)OC(C)(C)C)C1. The van der Waals surface area contributed by atoms with Gasteiger partial charge in [-0.3, -0.25) is 9.69 Å². The van der Waals surface area contributed by atoms with Crippen LogP contribution >= 0.6 is 0 Å². The number of hydrogen-bond donors (Lipinski definition) is 0. The average Bonchev–Trinajstić information content (AvgIpc) is 2.37. The number of piperidine rings is 1. The van der Waals surface area contributed by atoms with Crippen molar-refractivity contribution in [2.45, 2.75) is 52.2 Å². The summed E-state index contributed by atoms with van der Waals surface area (Å²) >= 11 is 0. The molecule has 0 aromatic rings. The highest BCUT2D eigenvalue weighted by Gasteiger charge is 2.30. The molecule has 1 fully saturated rings. The molecule has 1 aliphatic heterocycles. The number of likely N-dealkylation sites (N-methyl/N-ethyl adjacent to an activating group) is 1. The molecule has 21 heavy (non-hydrogen) atoms. The van der Waals surface area contributed by atoms with E-state index in [2.05, 4.69) is 0 Å². The van der Waals surface area contributed by atoms with Crippen molar-refractivity contribution in [3.8, 4) is 0 Å². The maximum absolute atomic E-state index is 12.1. The lowest BCUT2D eigenvalue weighted by molar-refractivity contribution is -0.144. The van der Waals surface area contributed by atoms with Gasteiger partial charge in [0.05, 0.1) is 13.2 Å². The van der Waals surface area contributed by atoms with E-state index in [1.807, 2.05) is 32.7 Å². The van der Waals surface area contributed by atoms with E-state index in [-0.39, 0.29) is 24.6 Å². The van der Waals surface area contributed by atoms with Gasteiger partial charge in [0.25, 0.3) is 0 Å². The monoisotopic (exact) mass is 300 g/mol. The van der Waals surface area contributed by atoms with Crippen molar-refractivity contribution in [3.05, 3.63) is 0 Å². The van der Waals surface area contributed by atoms with Gasteiger partial charge in [0.15, 0.2) is 0 Å². The lowest BCUT2D eigenvalue weighted by atomic mass is 10.0. The van der Waals surface area contributed by atoms with Crippen molar-refractivity contribution in [2.24, 2.45) is 0 Å². The zero-order valence-corrected chi connectivity index (χ0v) is 13.8. The van der Waals surface area contributed by atoms with Crippen LogP contribution in [0.3, 0.4) is 0 Å². The second-order valence-electron chi connectivity index (χ2n) is 6.44. The highest BCUT2D eigenvalue weighted by atomic mass is 16.6. The standard InChI is InChI=1S/C15H28N2O4/c1-6-20-13(18)11-16(5)12-8-7-9-17(10-12)14(19)21-15(2,3)4/h12H,6-11H2,1-5H3. The Morgan fingerprint density at radius 3 is 2.57 bits per heavy atom. The first kappa shape index (κ1) is 17.8. The van der Waals surface area contributed by atoms with Gasteiger partial charge in [-0.2, -0.15) is 0 Å². The van der Waals surface area contributed by atoms with Gasteiger partial charge in [0, 0.05) is 19.1 Å². The smallest absolute Gasteiger partial charge is 0.410 e. The molecule has 1 atom stereocenters. The molecule has 1 unspecified atom stereocenters. The van der Waals surface area contributed by atoms with Crippen molar-refractivity contribution in [2.75, 3.05) is 33.3 Å². The molecule has 0 radical (unpaired) electrons. The van der Waals surface area contributed by atoms with Gasteiger partial charge in [0.2, 0.25) is 0 Å². The predicted molar refractivity (Wildman–Crippen MR) is 80.1 cm³/mol. The Labute approximate surface area is 127 Å². The Bertz CT molecular complexity index is 365. The predicted octanol–water partition coefficient (Wildman–Crippen LogP) is 1.88. The maximum Gasteiger partial charge on any atom is 0.410 e. The van der Waals surface area contributed by atoms with Crippen LogP contribution in [0, 0.1) is 0 Å². The molecule has 6 nitrogen and oxygen atoms in total. The number of amides is 1. The van der Waals surface area contributed by atoms with Gasteiger partial charge in [-0.1, -0.05) is 0 Å². The molecule has 1 aliphatic rings. The third-order valence-corrected chi connectivity index (χ3v) is 3.36. The fourth-order valence-electron chi connectivity index (χ4n) is 2.35. The van der Waals surface area contributed by atoms with Crippen LogP contribution in [0.25, 0.3) is 0 Å². The summed E-state index contributed by atoms with van der Waals surface area (Å²) in [5.74, 6) is -0.227. The molecular weight excluding hydrogens is 272 g/mol. The Kier molecular flexibility index (Phi) is 6.45. The number of hydrogen-bond acceptors (Lipinski definition) is 5. The van der Waals surface area contributed by atoms with Crippen LogP contribution in [-0.2, 0) is 14.3 Å². The van der Waals surface area contributed by atoms with Gasteiger partial charge in [-0.25, -0.2) is 4.79 Å². The zero-order valence-electron chi connectivity index (χ0n) is 13.8. The Morgan fingerprint density at radius 1 is 1.33 bits per heavy atom. The van der Waals surface area contributed by atoms with Crippen LogP contribution < -0.4 is 0 Å². The highest BCUT2D eigenvalue weighted by molar-refractivity contribution is 5.71. The van der Waals surface area contributed by atoms with Crippen LogP contribution in [0.4, 0.5) is 4.79 Å². The van der Waals surface area contributed by atoms with Gasteiger partial charge in [-0.15, -0.1) is 0 Å². The summed E-state index contributed by atoms with van der Waals surface area (Å²) in [5.41, 5.74) is -0.485. The van der Waals surface area contributed by atoms with E-state index in [4.69, 9.17) is 9.47 Å². The average molecular weight is 300 g/mol. The minimum absolute atomic E-state index is 0.163. The van der Waals surface area contributed by atoms with Gasteiger partial charge in [-0.05, 0) is 47.6 Å². The quantitative estimate of drug-likeness (QED) is 0.742. The van der Waals surface area contributed by atoms with Crippen molar-refractivity contribution in [1.29, 1.82) is 0 Å². The summed E-state index contributed by atoms with van der Waals surface area (Å²) in [6, 6.07) is 0.163. The van der Waals surface area contributed by atoms with Crippen molar-refractivity contribution >= 4 is 12.1 Å². The lowest BCUT2D eigenvalue weighted by Gasteiger charge is -2.37. The normalized spacial score (nSPS) is 19.5. The number of rotatable bonds is 4. The van der Waals surface area contributed by atoms with Crippen LogP contribution in [0.1, 0.15) is 40.5 Å². The molecule has 122 valence electrons. The van der Waals surface area contributed by atoms with Crippen LogP contribution in [-0.4, -0.2) is 66.8 Å². The minimum Gasteiger partial charge on any atom is -0.465 e. The first-order valence-corrected chi connectivity index (χ1v) is 7.56. The van der Waals surface area contributed by atoms with Gasteiger partial charge >= 0.3 is 12.1 Å². The molecule has 1 saturated heterocycles. The topological polar surface area (TPSA) is 59.1 Å². The molecule has 1 amide bonds. The van der Waals surface area contributed by atoms with E-state index >= 15 is 0 Å². The fourth-order valence-corrected chi connectivity index (χ4v) is 2.35. The summed E-state index contributed by atoms with van der Waals surface area (Å²) in [6.45, 7) is 9.31. The van der Waals surface area contributed by atoms with Crippen LogP contribution in [0.5, 0.6) is 0 Å². The molecule has 0 saturated carbocycles. The number of ether oxygens (including phenoxy) is 2. The number of likely N-dealkylation sites (tertiary alicyclic amines) is 1. The van der Waals surface area contributed by atoms with E-state index in [1.165, 1.54) is 0 Å². The van der Waals surface area contributed by atoms with Crippen molar-refractivity contribution in [1.82, 2.24) is 9.80 Å². The van der Waals surface area contributed by atoms with Crippen LogP contribution in [0.15, 0.2) is 0 Å². The maximum atomic E-state index is 12.1. The second-order valence-corrected chi connectivity index (χ2v) is 6.44. The minimum atomic E-state index is -0.485. The fraction of sp³-hybridized carbons (Fsp3) is 0.867. The molecule has 1 heterocycles. The van der Waals surface area contributed by atoms with E-state index < -0.39 is 5.60 Å². The summed E-state index contributed by atoms with van der Waals surface area (Å²) in [7, 11) is 1.89. The molecule has 0 spiro atoms. The third-order valence-electron chi connectivity index (χ3n) is 3.36. The Hall–Kier alpha value is -1.30. The molecule has 0 aliphatic carbocycles. The number of carbonyl (C=O) groups is 2. The molecule has 0 aromatic heterocycles. The number of carbonyl (C=O) groups excluding carboxylic acids is 2. The summed E-state index contributed by atoms with van der Waals surface area (Å²) < 4.78 is 10.4. The van der Waals surface area contributed by atoms with E-state index in [9.17, 15) is 9.59 Å². The Morgan fingerprint density at radius 2 is 2.00 bits per heavy atom. The molecular formula is C15H28N2O4. The summed E-state index contributed by atoms with van der Waals surface area (Å²) in [4.78, 5) is 27.3. The van der Waals surface area contributed by atoms with E-state index in [0.717, 1.165) is 12.8 Å². The summed E-state index contributed by atoms with van der Waals surface area (Å²) in [6.07, 6.45) is 1.60. The molecule has 1 rings (SSSR count). The van der Waals surface area contributed by atoms with Crippen molar-refractivity contribution < 1.29 is 19.1 Å². The summed E-state index contributed by atoms with van der Waals surface area (Å²) in [5, 5.41) is 0. The van der Waals surface area contributed by atoms with E-state index in [0.29, 0.717) is 19.7 Å². The Balaban J connectivity index is 2.51. The second kappa shape index (κ2) is 7.64. The molecule has 6 heteroatoms. The third kappa shape index (κ3) is 6.33. The number of esters is 1. The molecule has 0 N–H and O–H groups in total. The first-order chi connectivity index (χ1) is 9.73. The van der Waals surface area contributed by atoms with E-state index in [1.54, 1.807) is 11.8 Å². The zero-order chi connectivity index (χ0) is 16.0. The van der Waals surface area contributed by atoms with Gasteiger partial charge < -0.3 is 14.4 Å². The van der Waals surface area contributed by atoms with Gasteiger partial charge in [0.1, 0.15) is 5.60 Å². The molecule has 0 bridgehead atoms. The number of nitrogens with zero attached hydrogens (tertiary/aromatic N) is 2.